The molecular weight excluding hydrogens is 289 g/mol. The molecule has 0 spiro atoms. The van der Waals surface area contributed by atoms with Crippen molar-refractivity contribution in [3.63, 3.8) is 0 Å². The van der Waals surface area contributed by atoms with E-state index in [-0.39, 0.29) is 5.82 Å². The fourth-order valence-electron chi connectivity index (χ4n) is 2.04. The van der Waals surface area contributed by atoms with Crippen molar-refractivity contribution in [1.29, 1.82) is 0 Å². The van der Waals surface area contributed by atoms with E-state index in [0.29, 0.717) is 0 Å². The van der Waals surface area contributed by atoms with E-state index in [0.717, 1.165) is 22.7 Å². The first-order valence-corrected chi connectivity index (χ1v) is 8.18. The Morgan fingerprint density at radius 2 is 1.95 bits per heavy atom. The number of hydrogen-bond acceptors (Lipinski definition) is 3. The van der Waals surface area contributed by atoms with E-state index in [1.807, 2.05) is 0 Å². The molecule has 0 bridgehead atoms. The van der Waals surface area contributed by atoms with Crippen LogP contribution in [0.1, 0.15) is 17.5 Å². The molecule has 1 nitrogen and oxygen atoms in total. The maximum Gasteiger partial charge on any atom is 0.123 e. The minimum Gasteiger partial charge on any atom is -0.241 e. The summed E-state index contributed by atoms with van der Waals surface area (Å²) in [5, 5.41) is 3.26. The molecule has 3 rings (SSSR count). The van der Waals surface area contributed by atoms with Gasteiger partial charge < -0.3 is 0 Å². The number of aromatic nitrogens is 1. The maximum atomic E-state index is 13.1. The van der Waals surface area contributed by atoms with Gasteiger partial charge in [-0.3, -0.25) is 0 Å². The van der Waals surface area contributed by atoms with Crippen molar-refractivity contribution < 1.29 is 4.39 Å². The Morgan fingerprint density at radius 3 is 2.55 bits per heavy atom. The monoisotopic (exact) mass is 303 g/mol. The Bertz CT molecular complexity index is 725. The maximum absolute atomic E-state index is 13.1. The quantitative estimate of drug-likeness (QED) is 0.618. The second kappa shape index (κ2) is 5.46. The molecule has 0 saturated heterocycles. The Labute approximate surface area is 125 Å². The van der Waals surface area contributed by atoms with Gasteiger partial charge in [0.1, 0.15) is 5.82 Å². The molecule has 0 aliphatic heterocycles. The summed E-state index contributed by atoms with van der Waals surface area (Å²) in [5.41, 5.74) is 3.21. The van der Waals surface area contributed by atoms with Crippen LogP contribution in [0.15, 0.2) is 35.7 Å². The highest BCUT2D eigenvalue weighted by atomic mass is 32.1. The van der Waals surface area contributed by atoms with Gasteiger partial charge in [-0.25, -0.2) is 9.37 Å². The molecule has 0 fully saturated rings. The summed E-state index contributed by atoms with van der Waals surface area (Å²) in [6, 6.07) is 8.76. The third kappa shape index (κ3) is 2.53. The van der Waals surface area contributed by atoms with Crippen molar-refractivity contribution in [3.05, 3.63) is 52.1 Å². The molecule has 0 radical (unpaired) electrons. The van der Waals surface area contributed by atoms with E-state index < -0.39 is 0 Å². The molecular formula is C16H14FNS2. The number of aryl methyl sites for hydroxylation is 2. The minimum atomic E-state index is -0.215. The molecule has 102 valence electrons. The number of rotatable bonds is 3. The van der Waals surface area contributed by atoms with Gasteiger partial charge in [-0.1, -0.05) is 6.92 Å². The molecule has 3 aromatic rings. The van der Waals surface area contributed by atoms with Crippen molar-refractivity contribution in [3.8, 4) is 21.0 Å². The zero-order chi connectivity index (χ0) is 14.1. The topological polar surface area (TPSA) is 12.9 Å². The number of halogens is 1. The molecule has 2 heterocycles. The lowest BCUT2D eigenvalue weighted by Crippen LogP contribution is -1.83. The Morgan fingerprint density at radius 1 is 1.20 bits per heavy atom. The highest BCUT2D eigenvalue weighted by Crippen LogP contribution is 2.39. The molecule has 0 amide bonds. The van der Waals surface area contributed by atoms with Crippen LogP contribution in [0, 0.1) is 12.7 Å². The van der Waals surface area contributed by atoms with E-state index in [4.69, 9.17) is 4.98 Å². The molecule has 0 unspecified atom stereocenters. The molecule has 0 saturated carbocycles. The SMILES string of the molecule is CCc1nc(-c2ccc(F)cc2)c(-c2cc(C)cs2)s1. The van der Waals surface area contributed by atoms with Crippen molar-refractivity contribution in [2.45, 2.75) is 20.3 Å². The van der Waals surface area contributed by atoms with E-state index in [9.17, 15) is 4.39 Å². The number of thiophene rings is 1. The van der Waals surface area contributed by atoms with Gasteiger partial charge in [0.25, 0.3) is 0 Å². The smallest absolute Gasteiger partial charge is 0.123 e. The highest BCUT2D eigenvalue weighted by molar-refractivity contribution is 7.21. The predicted octanol–water partition coefficient (Wildman–Crippen LogP) is 5.55. The van der Waals surface area contributed by atoms with E-state index in [1.165, 1.54) is 27.5 Å². The van der Waals surface area contributed by atoms with Crippen molar-refractivity contribution in [2.24, 2.45) is 0 Å². The van der Waals surface area contributed by atoms with Crippen LogP contribution in [0.4, 0.5) is 4.39 Å². The van der Waals surface area contributed by atoms with Crippen molar-refractivity contribution in [2.75, 3.05) is 0 Å². The summed E-state index contributed by atoms with van der Waals surface area (Å²) in [6.07, 6.45) is 0.920. The van der Waals surface area contributed by atoms with Gasteiger partial charge in [-0.05, 0) is 54.6 Å². The number of nitrogens with zero attached hydrogens (tertiary/aromatic N) is 1. The molecule has 0 N–H and O–H groups in total. The average molecular weight is 303 g/mol. The first kappa shape index (κ1) is 13.5. The molecule has 2 aromatic heterocycles. The summed E-state index contributed by atoms with van der Waals surface area (Å²) in [7, 11) is 0. The Kier molecular flexibility index (Phi) is 3.68. The average Bonchev–Trinajstić information content (AvgIpc) is 3.05. The first-order chi connectivity index (χ1) is 9.67. The van der Waals surface area contributed by atoms with E-state index in [1.54, 1.807) is 34.8 Å². The second-order valence-corrected chi connectivity index (χ2v) is 6.63. The number of hydrogen-bond donors (Lipinski definition) is 0. The lowest BCUT2D eigenvalue weighted by Gasteiger charge is -2.00. The van der Waals surface area contributed by atoms with Crippen molar-refractivity contribution >= 4 is 22.7 Å². The van der Waals surface area contributed by atoms with Gasteiger partial charge in [-0.2, -0.15) is 0 Å². The van der Waals surface area contributed by atoms with Crippen LogP contribution in [-0.4, -0.2) is 4.98 Å². The summed E-state index contributed by atoms with van der Waals surface area (Å²) >= 11 is 3.47. The minimum absolute atomic E-state index is 0.215. The molecule has 1 aromatic carbocycles. The molecule has 20 heavy (non-hydrogen) atoms. The van der Waals surface area contributed by atoms with Crippen LogP contribution < -0.4 is 0 Å². The molecule has 0 aliphatic carbocycles. The van der Waals surface area contributed by atoms with Gasteiger partial charge in [-0.15, -0.1) is 22.7 Å². The fourth-order valence-corrected chi connectivity index (χ4v) is 4.08. The van der Waals surface area contributed by atoms with Gasteiger partial charge in [0, 0.05) is 10.4 Å². The van der Waals surface area contributed by atoms with Crippen LogP contribution >= 0.6 is 22.7 Å². The van der Waals surface area contributed by atoms with Gasteiger partial charge in [0.05, 0.1) is 15.6 Å². The molecule has 4 heteroatoms. The summed E-state index contributed by atoms with van der Waals surface area (Å²) in [6.45, 7) is 4.20. The Hall–Kier alpha value is -1.52. The van der Waals surface area contributed by atoms with E-state index in [2.05, 4.69) is 25.3 Å². The number of benzene rings is 1. The lowest BCUT2D eigenvalue weighted by atomic mass is 10.1. The highest BCUT2D eigenvalue weighted by Gasteiger charge is 2.15. The Balaban J connectivity index is 2.14. The summed E-state index contributed by atoms with van der Waals surface area (Å²) in [4.78, 5) is 7.14. The van der Waals surface area contributed by atoms with E-state index >= 15 is 0 Å². The fraction of sp³-hybridized carbons (Fsp3) is 0.188. The molecule has 0 aliphatic rings. The van der Waals surface area contributed by atoms with Crippen LogP contribution in [0.2, 0.25) is 0 Å². The van der Waals surface area contributed by atoms with Gasteiger partial charge in [0.2, 0.25) is 0 Å². The first-order valence-electron chi connectivity index (χ1n) is 6.48. The third-order valence-corrected chi connectivity index (χ3v) is 5.47. The zero-order valence-electron chi connectivity index (χ0n) is 11.3. The van der Waals surface area contributed by atoms with Crippen LogP contribution in [-0.2, 0) is 6.42 Å². The predicted molar refractivity (Wildman–Crippen MR) is 84.9 cm³/mol. The number of thiazole rings is 1. The second-order valence-electron chi connectivity index (χ2n) is 4.63. The largest absolute Gasteiger partial charge is 0.241 e. The third-order valence-electron chi connectivity index (χ3n) is 3.05. The normalized spacial score (nSPS) is 10.9. The standard InChI is InChI=1S/C16H14FNS2/c1-3-14-18-15(11-4-6-12(17)7-5-11)16(20-14)13-8-10(2)9-19-13/h4-9H,3H2,1-2H3. The van der Waals surface area contributed by atoms with Crippen LogP contribution in [0.5, 0.6) is 0 Å². The summed E-state index contributed by atoms with van der Waals surface area (Å²) < 4.78 is 13.1. The van der Waals surface area contributed by atoms with Crippen LogP contribution in [0.25, 0.3) is 21.0 Å². The summed E-state index contributed by atoms with van der Waals surface area (Å²) in [5.74, 6) is -0.215. The zero-order valence-corrected chi connectivity index (χ0v) is 12.9. The molecule has 0 atom stereocenters. The lowest BCUT2D eigenvalue weighted by molar-refractivity contribution is 0.628. The van der Waals surface area contributed by atoms with Gasteiger partial charge in [0.15, 0.2) is 0 Å². The van der Waals surface area contributed by atoms with Crippen molar-refractivity contribution in [1.82, 2.24) is 4.98 Å². The van der Waals surface area contributed by atoms with Crippen LogP contribution in [0.3, 0.4) is 0 Å². The van der Waals surface area contributed by atoms with Gasteiger partial charge >= 0.3 is 0 Å².